The van der Waals surface area contributed by atoms with Crippen molar-refractivity contribution in [3.8, 4) is 0 Å². The van der Waals surface area contributed by atoms with Gasteiger partial charge in [-0.1, -0.05) is 18.2 Å². The Bertz CT molecular complexity index is 591. The number of hydrogen-bond acceptors (Lipinski definition) is 4. The zero-order chi connectivity index (χ0) is 15.9. The van der Waals surface area contributed by atoms with Gasteiger partial charge in [0.25, 0.3) is 0 Å². The summed E-state index contributed by atoms with van der Waals surface area (Å²) in [7, 11) is 0. The van der Waals surface area contributed by atoms with Crippen LogP contribution in [0, 0.1) is 0 Å². The second-order valence-corrected chi connectivity index (χ2v) is 5.83. The highest BCUT2D eigenvalue weighted by Crippen LogP contribution is 2.06. The molecule has 1 amide bonds. The van der Waals surface area contributed by atoms with Gasteiger partial charge in [0.15, 0.2) is 0 Å². The average molecular weight is 313 g/mol. The van der Waals surface area contributed by atoms with E-state index >= 15 is 0 Å². The molecule has 0 aliphatic carbocycles. The topological polar surface area (TPSA) is 53.4 Å². The van der Waals surface area contributed by atoms with E-state index in [4.69, 9.17) is 0 Å². The highest BCUT2D eigenvalue weighted by atomic mass is 16.2. The van der Waals surface area contributed by atoms with Gasteiger partial charge in [0, 0.05) is 57.3 Å². The van der Waals surface area contributed by atoms with Crippen molar-refractivity contribution in [2.45, 2.75) is 6.54 Å². The van der Waals surface area contributed by atoms with Gasteiger partial charge in [-0.25, -0.2) is 4.98 Å². The molecule has 0 atom stereocenters. The molecule has 1 aliphatic heterocycles. The molecule has 3 rings (SSSR count). The maximum atomic E-state index is 12.1. The van der Waals surface area contributed by atoms with Gasteiger partial charge in [-0.2, -0.15) is 0 Å². The number of benzene rings is 1. The first-order chi connectivity index (χ1) is 11.3. The summed E-state index contributed by atoms with van der Waals surface area (Å²) >= 11 is 0. The normalized spacial score (nSPS) is 16.3. The SMILES string of the molecule is O=C(CN1CCN(CCn2ccnc2)CC1)Nc1ccccc1. The molecule has 1 N–H and O–H groups in total. The van der Waals surface area contributed by atoms with Crippen molar-refractivity contribution in [1.82, 2.24) is 19.4 Å². The minimum atomic E-state index is 0.0584. The summed E-state index contributed by atoms with van der Waals surface area (Å²) in [6.07, 6.45) is 5.65. The summed E-state index contributed by atoms with van der Waals surface area (Å²) in [5.74, 6) is 0.0584. The molecule has 2 aromatic rings. The Morgan fingerprint density at radius 3 is 2.48 bits per heavy atom. The Balaban J connectivity index is 1.36. The van der Waals surface area contributed by atoms with Gasteiger partial charge in [-0.05, 0) is 12.1 Å². The molecule has 0 unspecified atom stereocenters. The minimum Gasteiger partial charge on any atom is -0.336 e. The van der Waals surface area contributed by atoms with E-state index in [-0.39, 0.29) is 5.91 Å². The number of aromatic nitrogens is 2. The van der Waals surface area contributed by atoms with Crippen LogP contribution < -0.4 is 5.32 Å². The summed E-state index contributed by atoms with van der Waals surface area (Å²) in [5, 5.41) is 2.94. The molecule has 0 spiro atoms. The predicted octanol–water partition coefficient (Wildman–Crippen LogP) is 1.14. The number of imidazole rings is 1. The lowest BCUT2D eigenvalue weighted by Gasteiger charge is -2.34. The van der Waals surface area contributed by atoms with Crippen molar-refractivity contribution >= 4 is 11.6 Å². The molecule has 1 aromatic heterocycles. The third kappa shape index (κ3) is 4.91. The number of anilines is 1. The highest BCUT2D eigenvalue weighted by Gasteiger charge is 2.18. The number of carbonyl (C=O) groups is 1. The van der Waals surface area contributed by atoms with Crippen LogP contribution in [0.1, 0.15) is 0 Å². The Morgan fingerprint density at radius 1 is 1.04 bits per heavy atom. The van der Waals surface area contributed by atoms with Crippen LogP contribution in [0.2, 0.25) is 0 Å². The van der Waals surface area contributed by atoms with Crippen molar-refractivity contribution in [3.05, 3.63) is 49.1 Å². The smallest absolute Gasteiger partial charge is 0.238 e. The van der Waals surface area contributed by atoms with Crippen LogP contribution >= 0.6 is 0 Å². The summed E-state index contributed by atoms with van der Waals surface area (Å²) < 4.78 is 2.10. The molecular weight excluding hydrogens is 290 g/mol. The predicted molar refractivity (Wildman–Crippen MR) is 90.2 cm³/mol. The lowest BCUT2D eigenvalue weighted by molar-refractivity contribution is -0.117. The zero-order valence-electron chi connectivity index (χ0n) is 13.3. The molecule has 1 aliphatic rings. The number of amides is 1. The lowest BCUT2D eigenvalue weighted by Crippen LogP contribution is -2.49. The Morgan fingerprint density at radius 2 is 1.78 bits per heavy atom. The van der Waals surface area contributed by atoms with E-state index in [9.17, 15) is 4.79 Å². The minimum absolute atomic E-state index is 0.0584. The molecule has 1 saturated heterocycles. The maximum Gasteiger partial charge on any atom is 0.238 e. The maximum absolute atomic E-state index is 12.1. The van der Waals surface area contributed by atoms with Crippen LogP contribution in [0.15, 0.2) is 49.1 Å². The molecule has 6 heteroatoms. The molecule has 1 aromatic carbocycles. The van der Waals surface area contributed by atoms with Crippen LogP contribution in [0.4, 0.5) is 5.69 Å². The lowest BCUT2D eigenvalue weighted by atomic mass is 10.3. The number of hydrogen-bond donors (Lipinski definition) is 1. The third-order valence-electron chi connectivity index (χ3n) is 4.12. The average Bonchev–Trinajstić information content (AvgIpc) is 3.08. The highest BCUT2D eigenvalue weighted by molar-refractivity contribution is 5.92. The van der Waals surface area contributed by atoms with Crippen molar-refractivity contribution < 1.29 is 4.79 Å². The van der Waals surface area contributed by atoms with Gasteiger partial charge in [0.2, 0.25) is 5.91 Å². The van der Waals surface area contributed by atoms with E-state index in [1.54, 1.807) is 0 Å². The molecule has 0 bridgehead atoms. The zero-order valence-corrected chi connectivity index (χ0v) is 13.3. The summed E-state index contributed by atoms with van der Waals surface area (Å²) in [6.45, 7) is 6.35. The second-order valence-electron chi connectivity index (χ2n) is 5.83. The summed E-state index contributed by atoms with van der Waals surface area (Å²) in [5.41, 5.74) is 0.858. The number of para-hydroxylation sites is 1. The first-order valence-electron chi connectivity index (χ1n) is 8.05. The monoisotopic (exact) mass is 313 g/mol. The first kappa shape index (κ1) is 15.7. The van der Waals surface area contributed by atoms with Crippen molar-refractivity contribution in [3.63, 3.8) is 0 Å². The van der Waals surface area contributed by atoms with Crippen LogP contribution in [0.25, 0.3) is 0 Å². The third-order valence-corrected chi connectivity index (χ3v) is 4.12. The van der Waals surface area contributed by atoms with Crippen molar-refractivity contribution in [2.75, 3.05) is 44.6 Å². The first-order valence-corrected chi connectivity index (χ1v) is 8.05. The van der Waals surface area contributed by atoms with Gasteiger partial charge < -0.3 is 9.88 Å². The molecule has 122 valence electrons. The van der Waals surface area contributed by atoms with Crippen molar-refractivity contribution in [1.29, 1.82) is 0 Å². The molecule has 2 heterocycles. The van der Waals surface area contributed by atoms with Crippen LogP contribution in [-0.4, -0.2) is 64.5 Å². The number of piperazine rings is 1. The van der Waals surface area contributed by atoms with Gasteiger partial charge >= 0.3 is 0 Å². The molecule has 1 fully saturated rings. The van der Waals surface area contributed by atoms with E-state index in [0.717, 1.165) is 45.0 Å². The summed E-state index contributed by atoms with van der Waals surface area (Å²) in [4.78, 5) is 20.8. The van der Waals surface area contributed by atoms with Gasteiger partial charge in [-0.15, -0.1) is 0 Å². The van der Waals surface area contributed by atoms with Crippen LogP contribution in [-0.2, 0) is 11.3 Å². The Kier molecular flexibility index (Phi) is 5.39. The van der Waals surface area contributed by atoms with Gasteiger partial charge in [0.1, 0.15) is 0 Å². The summed E-state index contributed by atoms with van der Waals surface area (Å²) in [6, 6.07) is 9.61. The molecule has 0 radical (unpaired) electrons. The number of rotatable bonds is 6. The standard InChI is InChI=1S/C17H23N5O/c23-17(19-16-4-2-1-3-5-16)14-21-11-8-20(9-12-21)10-13-22-7-6-18-15-22/h1-7,15H,8-14H2,(H,19,23). The fourth-order valence-electron chi connectivity index (χ4n) is 2.77. The molecular formula is C17H23N5O. The number of carbonyl (C=O) groups excluding carboxylic acids is 1. The molecule has 6 nitrogen and oxygen atoms in total. The Hall–Kier alpha value is -2.18. The van der Waals surface area contributed by atoms with E-state index in [0.29, 0.717) is 6.54 Å². The van der Waals surface area contributed by atoms with E-state index in [1.807, 2.05) is 49.1 Å². The van der Waals surface area contributed by atoms with Crippen LogP contribution in [0.5, 0.6) is 0 Å². The number of nitrogens with zero attached hydrogens (tertiary/aromatic N) is 4. The second kappa shape index (κ2) is 7.89. The van der Waals surface area contributed by atoms with Gasteiger partial charge in [0.05, 0.1) is 12.9 Å². The number of nitrogens with one attached hydrogen (secondary N) is 1. The fourth-order valence-corrected chi connectivity index (χ4v) is 2.77. The fraction of sp³-hybridized carbons (Fsp3) is 0.412. The van der Waals surface area contributed by atoms with E-state index in [1.165, 1.54) is 0 Å². The van der Waals surface area contributed by atoms with Crippen molar-refractivity contribution in [2.24, 2.45) is 0 Å². The largest absolute Gasteiger partial charge is 0.336 e. The molecule has 0 saturated carbocycles. The van der Waals surface area contributed by atoms with E-state index in [2.05, 4.69) is 24.7 Å². The van der Waals surface area contributed by atoms with Gasteiger partial charge in [-0.3, -0.25) is 14.6 Å². The quantitative estimate of drug-likeness (QED) is 0.869. The molecule has 23 heavy (non-hydrogen) atoms. The van der Waals surface area contributed by atoms with E-state index < -0.39 is 0 Å². The Labute approximate surface area is 136 Å². The van der Waals surface area contributed by atoms with Crippen LogP contribution in [0.3, 0.4) is 0 Å².